The van der Waals surface area contributed by atoms with E-state index >= 15 is 0 Å². The number of halogens is 1. The van der Waals surface area contributed by atoms with Crippen molar-refractivity contribution in [1.29, 1.82) is 0 Å². The third-order valence-corrected chi connectivity index (χ3v) is 0. The molecule has 0 saturated carbocycles. The second-order valence-electron chi connectivity index (χ2n) is 0.404. The van der Waals surface area contributed by atoms with Crippen molar-refractivity contribution in [3.05, 3.63) is 12.1 Å². The number of carboxylic acid groups (broad SMARTS) is 2. The van der Waals surface area contributed by atoms with Gasteiger partial charge in [-0.15, -0.1) is 0 Å². The van der Waals surface area contributed by atoms with Crippen LogP contribution in [0, 0.1) is 0 Å². The standard InChI is InChI=1S/C2H3Cl.CH2O3.Ca/c1-2-3;2-1(3)4;/h2H,1H2;(H2,2,3,4);/q;;+2/p-2. The fraction of sp³-hybridized carbons (Fsp3) is 0. The predicted octanol–water partition coefficient (Wildman–Crippen LogP) is -1.46. The molecule has 0 aliphatic carbocycles. The van der Waals surface area contributed by atoms with Crippen LogP contribution in [0.1, 0.15) is 0 Å². The summed E-state index contributed by atoms with van der Waals surface area (Å²) in [5, 5.41) is 16.7. The molecule has 0 N–H and O–H groups in total. The summed E-state index contributed by atoms with van der Waals surface area (Å²) in [6.45, 7) is 3.13. The molecule has 0 unspecified atom stereocenters. The molecule has 8 heavy (non-hydrogen) atoms. The van der Waals surface area contributed by atoms with Gasteiger partial charge in [0, 0.05) is 0 Å². The molecule has 0 heterocycles. The summed E-state index contributed by atoms with van der Waals surface area (Å²) >= 11 is 4.76. The molecule has 42 valence electrons. The van der Waals surface area contributed by atoms with Crippen LogP contribution in [0.4, 0.5) is 4.79 Å². The van der Waals surface area contributed by atoms with Crippen molar-refractivity contribution < 1.29 is 15.0 Å². The van der Waals surface area contributed by atoms with E-state index in [1.807, 2.05) is 0 Å². The van der Waals surface area contributed by atoms with Crippen LogP contribution in [0.15, 0.2) is 12.1 Å². The summed E-state index contributed by atoms with van der Waals surface area (Å²) in [6, 6.07) is 0. The summed E-state index contributed by atoms with van der Waals surface area (Å²) in [4.78, 5) is 8.33. The number of rotatable bonds is 0. The predicted molar refractivity (Wildman–Crippen MR) is 27.2 cm³/mol. The monoisotopic (exact) mass is 162 g/mol. The first-order valence-electron chi connectivity index (χ1n) is 1.24. The molecular weight excluding hydrogens is 160 g/mol. The smallest absolute Gasteiger partial charge is 0.652 e. The van der Waals surface area contributed by atoms with E-state index in [1.165, 1.54) is 5.54 Å². The zero-order valence-electron chi connectivity index (χ0n) is 4.09. The van der Waals surface area contributed by atoms with Crippen LogP contribution in [0.5, 0.6) is 0 Å². The fourth-order valence-corrected chi connectivity index (χ4v) is 0. The molecule has 0 spiro atoms. The first-order valence-corrected chi connectivity index (χ1v) is 1.68. The van der Waals surface area contributed by atoms with Crippen LogP contribution in [0.25, 0.3) is 0 Å². The van der Waals surface area contributed by atoms with Gasteiger partial charge in [0.25, 0.3) is 0 Å². The molecule has 0 fully saturated rings. The minimum Gasteiger partial charge on any atom is -0.652 e. The molecule has 0 aromatic rings. The van der Waals surface area contributed by atoms with E-state index in [1.54, 1.807) is 0 Å². The van der Waals surface area contributed by atoms with E-state index < -0.39 is 6.16 Å². The maximum Gasteiger partial charge on any atom is 2.00 e. The molecule has 0 atom stereocenters. The Morgan fingerprint density at radius 1 is 1.62 bits per heavy atom. The average Bonchev–Trinajstić information content (AvgIpc) is 1.33. The Bertz CT molecular complexity index is 61.5. The first kappa shape index (κ1) is 15.8. The fourth-order valence-electron chi connectivity index (χ4n) is 0. The van der Waals surface area contributed by atoms with Crippen molar-refractivity contribution in [2.45, 2.75) is 0 Å². The van der Waals surface area contributed by atoms with Gasteiger partial charge in [-0.3, -0.25) is 0 Å². The van der Waals surface area contributed by atoms with E-state index in [4.69, 9.17) is 26.6 Å². The molecule has 0 aliphatic heterocycles. The summed E-state index contributed by atoms with van der Waals surface area (Å²) in [6.07, 6.45) is -2.33. The second-order valence-corrected chi connectivity index (χ2v) is 0.713. The Kier molecular flexibility index (Phi) is 31.0. The van der Waals surface area contributed by atoms with Crippen LogP contribution in [0.2, 0.25) is 0 Å². The zero-order valence-corrected chi connectivity index (χ0v) is 7.06. The van der Waals surface area contributed by atoms with Crippen LogP contribution in [-0.2, 0) is 0 Å². The van der Waals surface area contributed by atoms with Gasteiger partial charge in [-0.25, -0.2) is 0 Å². The van der Waals surface area contributed by atoms with Gasteiger partial charge >= 0.3 is 37.7 Å². The van der Waals surface area contributed by atoms with Crippen molar-refractivity contribution in [3.63, 3.8) is 0 Å². The molecule has 3 nitrogen and oxygen atoms in total. The number of carbonyl (C=O) groups is 1. The molecular formula is C3H3CaClO3. The van der Waals surface area contributed by atoms with E-state index in [9.17, 15) is 0 Å². The molecule has 0 aromatic heterocycles. The quantitative estimate of drug-likeness (QED) is 0.409. The first-order chi connectivity index (χ1) is 3.15. The van der Waals surface area contributed by atoms with Crippen molar-refractivity contribution in [2.24, 2.45) is 0 Å². The van der Waals surface area contributed by atoms with Gasteiger partial charge in [0.2, 0.25) is 0 Å². The van der Waals surface area contributed by atoms with E-state index in [0.29, 0.717) is 0 Å². The Balaban J connectivity index is -0.0000000575. The minimum atomic E-state index is -2.33. The SMILES string of the molecule is C=CCl.O=C([O-])[O-].[Ca+2]. The van der Waals surface area contributed by atoms with Gasteiger partial charge in [0.05, 0.1) is 0 Å². The van der Waals surface area contributed by atoms with Crippen molar-refractivity contribution in [2.75, 3.05) is 0 Å². The Labute approximate surface area is 82.0 Å². The molecule has 0 saturated heterocycles. The maximum atomic E-state index is 8.33. The Morgan fingerprint density at radius 2 is 1.62 bits per heavy atom. The second kappa shape index (κ2) is 15.6. The van der Waals surface area contributed by atoms with Gasteiger partial charge < -0.3 is 15.0 Å². The normalized spacial score (nSPS) is 4.62. The average molecular weight is 163 g/mol. The molecule has 5 heteroatoms. The molecule has 0 rings (SSSR count). The van der Waals surface area contributed by atoms with Gasteiger partial charge in [-0.2, -0.15) is 0 Å². The largest absolute Gasteiger partial charge is 2.00 e. The van der Waals surface area contributed by atoms with Gasteiger partial charge in [0.1, 0.15) is 0 Å². The Morgan fingerprint density at radius 3 is 1.62 bits per heavy atom. The van der Waals surface area contributed by atoms with Crippen molar-refractivity contribution in [1.82, 2.24) is 0 Å². The van der Waals surface area contributed by atoms with Crippen molar-refractivity contribution in [3.8, 4) is 0 Å². The van der Waals surface area contributed by atoms with Crippen LogP contribution < -0.4 is 10.2 Å². The van der Waals surface area contributed by atoms with E-state index in [2.05, 4.69) is 6.58 Å². The summed E-state index contributed by atoms with van der Waals surface area (Å²) in [7, 11) is 0. The minimum absolute atomic E-state index is 0. The zero-order chi connectivity index (χ0) is 6.28. The van der Waals surface area contributed by atoms with Gasteiger partial charge in [0.15, 0.2) is 0 Å². The molecule has 0 radical (unpaired) electrons. The third kappa shape index (κ3) is 647. The van der Waals surface area contributed by atoms with Crippen molar-refractivity contribution >= 4 is 55.5 Å². The number of carbonyl (C=O) groups excluding carboxylic acids is 1. The van der Waals surface area contributed by atoms with Crippen LogP contribution >= 0.6 is 11.6 Å². The van der Waals surface area contributed by atoms with Crippen LogP contribution in [-0.4, -0.2) is 43.9 Å². The van der Waals surface area contributed by atoms with Crippen LogP contribution in [0.3, 0.4) is 0 Å². The van der Waals surface area contributed by atoms with E-state index in [0.717, 1.165) is 0 Å². The summed E-state index contributed by atoms with van der Waals surface area (Å²) < 4.78 is 0. The topological polar surface area (TPSA) is 63.2 Å². The Hall–Kier alpha value is 0.560. The summed E-state index contributed by atoms with van der Waals surface area (Å²) in [5.41, 5.74) is 1.22. The molecule has 0 aliphatic rings. The number of hydrogen-bond donors (Lipinski definition) is 0. The van der Waals surface area contributed by atoms with Gasteiger partial charge in [-0.05, 0) is 11.7 Å². The summed E-state index contributed by atoms with van der Waals surface area (Å²) in [5.74, 6) is 0. The third-order valence-electron chi connectivity index (χ3n) is 0. The number of hydrogen-bond acceptors (Lipinski definition) is 3. The molecule has 0 aromatic carbocycles. The van der Waals surface area contributed by atoms with Gasteiger partial charge in [-0.1, -0.05) is 18.2 Å². The maximum absolute atomic E-state index is 8.33. The molecule has 0 amide bonds. The molecule has 0 bridgehead atoms. The van der Waals surface area contributed by atoms with E-state index in [-0.39, 0.29) is 37.7 Å².